The molecule has 0 spiro atoms. The molecule has 0 bridgehead atoms. The molecular weight excluding hydrogens is 457 g/mol. The Balaban J connectivity index is 1.76. The summed E-state index contributed by atoms with van der Waals surface area (Å²) in [7, 11) is 0. The van der Waals surface area contributed by atoms with Gasteiger partial charge in [-0.15, -0.1) is 0 Å². The highest BCUT2D eigenvalue weighted by Crippen LogP contribution is 2.29. The molecule has 28 heavy (non-hydrogen) atoms. The summed E-state index contributed by atoms with van der Waals surface area (Å²) < 4.78 is 6.68. The van der Waals surface area contributed by atoms with Crippen LogP contribution in [-0.2, 0) is 6.61 Å². The molecule has 0 heterocycles. The summed E-state index contributed by atoms with van der Waals surface area (Å²) >= 11 is 15.5. The van der Waals surface area contributed by atoms with Crippen LogP contribution in [0.2, 0.25) is 10.0 Å². The first-order valence-electron chi connectivity index (χ1n) is 8.51. The summed E-state index contributed by atoms with van der Waals surface area (Å²) in [6.07, 6.45) is 1.86. The van der Waals surface area contributed by atoms with E-state index in [1.165, 1.54) is 0 Å². The predicted molar refractivity (Wildman–Crippen MR) is 120 cm³/mol. The molecule has 0 aliphatic carbocycles. The SMILES string of the molecule is Cc1ccc(/C(C#N)=C\c2ccc(OCc3ccc(Cl)c(Cl)c3)c(Br)c2)cc1. The van der Waals surface area contributed by atoms with E-state index in [-0.39, 0.29) is 0 Å². The number of halogens is 3. The van der Waals surface area contributed by atoms with E-state index < -0.39 is 0 Å². The standard InChI is InChI=1S/C23H16BrCl2NO/c1-15-2-6-18(7-3-15)19(13-27)10-16-5-9-23(20(24)11-16)28-14-17-4-8-21(25)22(26)12-17/h2-12H,14H2,1H3/b19-10-. The molecule has 0 saturated heterocycles. The van der Waals surface area contributed by atoms with Gasteiger partial charge in [0.1, 0.15) is 12.4 Å². The van der Waals surface area contributed by atoms with Crippen molar-refractivity contribution in [2.75, 3.05) is 0 Å². The van der Waals surface area contributed by atoms with Gasteiger partial charge in [-0.3, -0.25) is 0 Å². The molecule has 2 nitrogen and oxygen atoms in total. The molecule has 5 heteroatoms. The average molecular weight is 473 g/mol. The van der Waals surface area contributed by atoms with Crippen molar-refractivity contribution in [3.8, 4) is 11.8 Å². The molecule has 0 aliphatic rings. The molecule has 0 saturated carbocycles. The van der Waals surface area contributed by atoms with E-state index >= 15 is 0 Å². The van der Waals surface area contributed by atoms with Gasteiger partial charge in [0.05, 0.1) is 26.2 Å². The number of aryl methyl sites for hydroxylation is 1. The van der Waals surface area contributed by atoms with Gasteiger partial charge in [0.15, 0.2) is 0 Å². The highest BCUT2D eigenvalue weighted by atomic mass is 79.9. The second-order valence-corrected chi connectivity index (χ2v) is 7.93. The van der Waals surface area contributed by atoms with Gasteiger partial charge in [-0.25, -0.2) is 0 Å². The molecule has 3 aromatic carbocycles. The third kappa shape index (κ3) is 5.17. The third-order valence-corrected chi connectivity index (χ3v) is 5.49. The first kappa shape index (κ1) is 20.5. The summed E-state index contributed by atoms with van der Waals surface area (Å²) in [6.45, 7) is 2.39. The molecule has 3 rings (SSSR count). The van der Waals surface area contributed by atoms with E-state index in [0.29, 0.717) is 28.0 Å². The summed E-state index contributed by atoms with van der Waals surface area (Å²) in [5.74, 6) is 0.706. The Morgan fingerprint density at radius 3 is 2.43 bits per heavy atom. The zero-order chi connectivity index (χ0) is 20.1. The Morgan fingerprint density at radius 1 is 1.04 bits per heavy atom. The normalized spacial score (nSPS) is 11.2. The van der Waals surface area contributed by atoms with Gasteiger partial charge in [0.25, 0.3) is 0 Å². The van der Waals surface area contributed by atoms with Crippen LogP contribution in [0.5, 0.6) is 5.75 Å². The molecule has 0 N–H and O–H groups in total. The molecule has 0 aliphatic heterocycles. The smallest absolute Gasteiger partial charge is 0.134 e. The van der Waals surface area contributed by atoms with E-state index in [4.69, 9.17) is 27.9 Å². The summed E-state index contributed by atoms with van der Waals surface area (Å²) in [5, 5.41) is 10.5. The van der Waals surface area contributed by atoms with Gasteiger partial charge in [0.2, 0.25) is 0 Å². The Morgan fingerprint density at radius 2 is 1.79 bits per heavy atom. The van der Waals surface area contributed by atoms with Gasteiger partial charge in [0, 0.05) is 0 Å². The van der Waals surface area contributed by atoms with Gasteiger partial charge < -0.3 is 4.74 Å². The summed E-state index contributed by atoms with van der Waals surface area (Å²) in [4.78, 5) is 0. The number of nitrogens with zero attached hydrogens (tertiary/aromatic N) is 1. The van der Waals surface area contributed by atoms with Crippen LogP contribution in [0.15, 0.2) is 65.1 Å². The Kier molecular flexibility index (Phi) is 6.80. The summed E-state index contributed by atoms with van der Waals surface area (Å²) in [6, 6.07) is 21.3. The van der Waals surface area contributed by atoms with Gasteiger partial charge in [-0.2, -0.15) is 5.26 Å². The van der Waals surface area contributed by atoms with Gasteiger partial charge >= 0.3 is 0 Å². The van der Waals surface area contributed by atoms with Crippen molar-refractivity contribution in [1.29, 1.82) is 5.26 Å². The molecular formula is C23H16BrCl2NO. The number of nitriles is 1. The lowest BCUT2D eigenvalue weighted by atomic mass is 10.0. The van der Waals surface area contributed by atoms with E-state index in [2.05, 4.69) is 22.0 Å². The van der Waals surface area contributed by atoms with Crippen LogP contribution in [0.4, 0.5) is 0 Å². The molecule has 0 fully saturated rings. The molecule has 0 unspecified atom stereocenters. The Bertz CT molecular complexity index is 1070. The van der Waals surface area contributed by atoms with E-state index in [0.717, 1.165) is 26.7 Å². The monoisotopic (exact) mass is 471 g/mol. The van der Waals surface area contributed by atoms with E-state index in [1.54, 1.807) is 12.1 Å². The third-order valence-electron chi connectivity index (χ3n) is 4.13. The zero-order valence-electron chi connectivity index (χ0n) is 15.0. The van der Waals surface area contributed by atoms with Crippen LogP contribution in [0, 0.1) is 18.3 Å². The van der Waals surface area contributed by atoms with Crippen LogP contribution < -0.4 is 4.74 Å². The minimum atomic E-state index is 0.373. The van der Waals surface area contributed by atoms with Crippen LogP contribution in [0.3, 0.4) is 0 Å². The lowest BCUT2D eigenvalue weighted by Gasteiger charge is -2.10. The van der Waals surface area contributed by atoms with Crippen molar-refractivity contribution < 1.29 is 4.74 Å². The Labute approximate surface area is 183 Å². The fourth-order valence-corrected chi connectivity index (χ4v) is 3.43. The fraction of sp³-hybridized carbons (Fsp3) is 0.0870. The first-order valence-corrected chi connectivity index (χ1v) is 10.1. The fourth-order valence-electron chi connectivity index (χ4n) is 2.59. The van der Waals surface area contributed by atoms with Gasteiger partial charge in [-0.1, -0.05) is 65.2 Å². The molecule has 3 aromatic rings. The average Bonchev–Trinajstić information content (AvgIpc) is 2.69. The molecule has 0 atom stereocenters. The number of ether oxygens (including phenoxy) is 1. The molecule has 0 amide bonds. The number of benzene rings is 3. The largest absolute Gasteiger partial charge is 0.488 e. The lowest BCUT2D eigenvalue weighted by molar-refractivity contribution is 0.304. The van der Waals surface area contributed by atoms with Crippen molar-refractivity contribution in [3.63, 3.8) is 0 Å². The minimum absolute atomic E-state index is 0.373. The van der Waals surface area contributed by atoms with Crippen molar-refractivity contribution in [2.45, 2.75) is 13.5 Å². The highest BCUT2D eigenvalue weighted by molar-refractivity contribution is 9.10. The van der Waals surface area contributed by atoms with Crippen LogP contribution in [-0.4, -0.2) is 0 Å². The first-order chi connectivity index (χ1) is 13.5. The summed E-state index contributed by atoms with van der Waals surface area (Å²) in [5.41, 5.74) is 4.50. The maximum atomic E-state index is 9.51. The number of allylic oxidation sites excluding steroid dienone is 1. The van der Waals surface area contributed by atoms with Gasteiger partial charge in [-0.05, 0) is 69.9 Å². The number of hydrogen-bond donors (Lipinski definition) is 0. The second-order valence-electron chi connectivity index (χ2n) is 6.26. The topological polar surface area (TPSA) is 33.0 Å². The quantitative estimate of drug-likeness (QED) is 0.281. The second kappa shape index (κ2) is 9.30. The highest BCUT2D eigenvalue weighted by Gasteiger charge is 2.06. The van der Waals surface area contributed by atoms with Crippen molar-refractivity contribution in [2.24, 2.45) is 0 Å². The molecule has 140 valence electrons. The maximum Gasteiger partial charge on any atom is 0.134 e. The van der Waals surface area contributed by atoms with Crippen molar-refractivity contribution >= 4 is 50.8 Å². The minimum Gasteiger partial charge on any atom is -0.488 e. The predicted octanol–water partition coefficient (Wildman–Crippen LogP) is 7.71. The van der Waals surface area contributed by atoms with Crippen LogP contribution in [0.25, 0.3) is 11.6 Å². The maximum absolute atomic E-state index is 9.51. The van der Waals surface area contributed by atoms with Crippen LogP contribution in [0.1, 0.15) is 22.3 Å². The Hall–Kier alpha value is -2.25. The van der Waals surface area contributed by atoms with E-state index in [1.807, 2.05) is 61.5 Å². The number of rotatable bonds is 5. The lowest BCUT2D eigenvalue weighted by Crippen LogP contribution is -1.96. The van der Waals surface area contributed by atoms with E-state index in [9.17, 15) is 5.26 Å². The zero-order valence-corrected chi connectivity index (χ0v) is 18.1. The van der Waals surface area contributed by atoms with Crippen molar-refractivity contribution in [3.05, 3.63) is 97.4 Å². The molecule has 0 aromatic heterocycles. The van der Waals surface area contributed by atoms with Crippen molar-refractivity contribution in [1.82, 2.24) is 0 Å². The number of hydrogen-bond acceptors (Lipinski definition) is 2. The van der Waals surface area contributed by atoms with Crippen LogP contribution >= 0.6 is 39.1 Å². The molecule has 0 radical (unpaired) electrons.